The van der Waals surface area contributed by atoms with Gasteiger partial charge in [-0.1, -0.05) is 48.8 Å². The van der Waals surface area contributed by atoms with Crippen LogP contribution >= 0.6 is 11.3 Å². The minimum Gasteiger partial charge on any atom is -0.507 e. The number of amides is 1. The lowest BCUT2D eigenvalue weighted by Gasteiger charge is -2.23. The first-order valence-corrected chi connectivity index (χ1v) is 13.7. The number of carbonyl (C=O) groups is 3. The predicted octanol–water partition coefficient (Wildman–Crippen LogP) is 5.69. The van der Waals surface area contributed by atoms with E-state index in [0.717, 1.165) is 11.3 Å². The maximum Gasteiger partial charge on any atom is 0.350 e. The normalized spacial score (nSPS) is 16.0. The minimum atomic E-state index is -1.03. The predicted molar refractivity (Wildman–Crippen MR) is 157 cm³/mol. The number of carbonyl (C=O) groups excluding carboxylic acids is 3. The molecule has 2 aromatic carbocycles. The first kappa shape index (κ1) is 29.3. The molecule has 1 atom stereocenters. The van der Waals surface area contributed by atoms with Crippen LogP contribution in [0, 0.1) is 13.8 Å². The van der Waals surface area contributed by atoms with Crippen molar-refractivity contribution in [2.45, 2.75) is 26.8 Å². The van der Waals surface area contributed by atoms with Crippen LogP contribution in [-0.2, 0) is 14.3 Å². The smallest absolute Gasteiger partial charge is 0.350 e. The van der Waals surface area contributed by atoms with Crippen molar-refractivity contribution >= 4 is 39.9 Å². The molecular formula is C31H30N2O7S. The van der Waals surface area contributed by atoms with Crippen LogP contribution in [0.3, 0.4) is 0 Å². The van der Waals surface area contributed by atoms with Crippen molar-refractivity contribution in [1.29, 1.82) is 0 Å². The van der Waals surface area contributed by atoms with Gasteiger partial charge in [-0.3, -0.25) is 14.5 Å². The number of aromatic nitrogens is 1. The molecular weight excluding hydrogens is 544 g/mol. The highest BCUT2D eigenvalue weighted by Crippen LogP contribution is 2.44. The molecule has 0 spiro atoms. The maximum absolute atomic E-state index is 13.5. The fourth-order valence-corrected chi connectivity index (χ4v) is 5.40. The Bertz CT molecular complexity index is 1540. The minimum absolute atomic E-state index is 0.108. The second-order valence-electron chi connectivity index (χ2n) is 9.05. The van der Waals surface area contributed by atoms with E-state index < -0.39 is 23.7 Å². The molecule has 0 saturated carbocycles. The van der Waals surface area contributed by atoms with Gasteiger partial charge in [0, 0.05) is 5.56 Å². The summed E-state index contributed by atoms with van der Waals surface area (Å²) in [5.74, 6) is -1.54. The zero-order chi connectivity index (χ0) is 29.7. The van der Waals surface area contributed by atoms with Crippen LogP contribution in [0.15, 0.2) is 73.3 Å². The van der Waals surface area contributed by atoms with Crippen molar-refractivity contribution < 1.29 is 33.7 Å². The Labute approximate surface area is 242 Å². The van der Waals surface area contributed by atoms with Gasteiger partial charge in [-0.2, -0.15) is 0 Å². The van der Waals surface area contributed by atoms with E-state index in [9.17, 15) is 19.5 Å². The van der Waals surface area contributed by atoms with E-state index in [1.807, 2.05) is 0 Å². The third kappa shape index (κ3) is 5.92. The topological polar surface area (TPSA) is 115 Å². The summed E-state index contributed by atoms with van der Waals surface area (Å²) < 4.78 is 16.3. The van der Waals surface area contributed by atoms with Crippen LogP contribution in [0.4, 0.5) is 5.13 Å². The molecule has 1 saturated heterocycles. The number of ketones is 1. The fourth-order valence-electron chi connectivity index (χ4n) is 4.41. The van der Waals surface area contributed by atoms with Crippen LogP contribution in [0.1, 0.15) is 45.0 Å². The molecule has 41 heavy (non-hydrogen) atoms. The van der Waals surface area contributed by atoms with Gasteiger partial charge in [0.15, 0.2) is 5.13 Å². The number of thiazole rings is 1. The quantitative estimate of drug-likeness (QED) is 0.102. The average Bonchev–Trinajstić information content (AvgIpc) is 3.47. The zero-order valence-electron chi connectivity index (χ0n) is 23.0. The van der Waals surface area contributed by atoms with Crippen molar-refractivity contribution in [3.8, 4) is 11.5 Å². The van der Waals surface area contributed by atoms with Gasteiger partial charge < -0.3 is 19.3 Å². The van der Waals surface area contributed by atoms with Crippen molar-refractivity contribution in [3.63, 3.8) is 0 Å². The average molecular weight is 575 g/mol. The molecule has 1 fully saturated rings. The summed E-state index contributed by atoms with van der Waals surface area (Å²) >= 11 is 0.948. The van der Waals surface area contributed by atoms with Crippen molar-refractivity contribution in [1.82, 2.24) is 4.98 Å². The Morgan fingerprint density at radius 2 is 1.68 bits per heavy atom. The third-order valence-electron chi connectivity index (χ3n) is 6.28. The van der Waals surface area contributed by atoms with Gasteiger partial charge in [-0.05, 0) is 62.2 Å². The fraction of sp³-hybridized carbons (Fsp3) is 0.226. The van der Waals surface area contributed by atoms with E-state index in [-0.39, 0.29) is 27.9 Å². The lowest BCUT2D eigenvalue weighted by Crippen LogP contribution is -2.29. The number of aliphatic hydroxyl groups is 1. The molecule has 0 bridgehead atoms. The molecule has 2 heterocycles. The number of hydrogen-bond acceptors (Lipinski definition) is 9. The highest BCUT2D eigenvalue weighted by molar-refractivity contribution is 7.17. The van der Waals surface area contributed by atoms with Crippen LogP contribution in [0.2, 0.25) is 0 Å². The van der Waals surface area contributed by atoms with E-state index >= 15 is 0 Å². The molecule has 1 aliphatic heterocycles. The van der Waals surface area contributed by atoms with E-state index in [4.69, 9.17) is 14.2 Å². The van der Waals surface area contributed by atoms with Gasteiger partial charge in [0.2, 0.25) is 0 Å². The number of aliphatic hydroxyl groups excluding tert-OH is 1. The lowest BCUT2D eigenvalue weighted by molar-refractivity contribution is -0.132. The van der Waals surface area contributed by atoms with Crippen LogP contribution in [0.25, 0.3) is 5.76 Å². The third-order valence-corrected chi connectivity index (χ3v) is 7.42. The van der Waals surface area contributed by atoms with Crippen molar-refractivity contribution in [2.24, 2.45) is 0 Å². The summed E-state index contributed by atoms with van der Waals surface area (Å²) in [4.78, 5) is 45.5. The first-order valence-electron chi connectivity index (χ1n) is 12.9. The molecule has 0 unspecified atom stereocenters. The van der Waals surface area contributed by atoms with Gasteiger partial charge in [-0.25, -0.2) is 9.78 Å². The zero-order valence-corrected chi connectivity index (χ0v) is 23.8. The Morgan fingerprint density at radius 1 is 1.05 bits per heavy atom. The molecule has 212 valence electrons. The molecule has 4 rings (SSSR count). The van der Waals surface area contributed by atoms with Gasteiger partial charge in [0.05, 0.1) is 23.9 Å². The lowest BCUT2D eigenvalue weighted by atomic mass is 9.94. The largest absolute Gasteiger partial charge is 0.507 e. The number of aryl methyl sites for hydroxylation is 2. The van der Waals surface area contributed by atoms with Crippen molar-refractivity contribution in [2.75, 3.05) is 24.7 Å². The molecule has 1 N–H and O–H groups in total. The number of anilines is 1. The molecule has 0 aliphatic carbocycles. The molecule has 9 nitrogen and oxygen atoms in total. The number of nitrogens with zero attached hydrogens (tertiary/aromatic N) is 2. The summed E-state index contributed by atoms with van der Waals surface area (Å²) in [7, 11) is 0. The highest BCUT2D eigenvalue weighted by atomic mass is 32.1. The maximum atomic E-state index is 13.5. The monoisotopic (exact) mass is 574 g/mol. The Morgan fingerprint density at radius 3 is 2.29 bits per heavy atom. The Hall–Kier alpha value is -4.70. The SMILES string of the molecule is C=CCOc1ccc([C@H]2C(=C(O)c3ccc(OCC=C)cc3C)C(=O)C(=O)N2c2nc(C)c(C(=O)OCC)s2)cc1. The molecule has 1 aliphatic rings. The number of Topliss-reactive ketones (excluding diaryl/α,β-unsaturated/α-hetero) is 1. The van der Waals surface area contributed by atoms with E-state index in [1.54, 1.807) is 75.4 Å². The number of hydrogen-bond donors (Lipinski definition) is 1. The van der Waals surface area contributed by atoms with E-state index in [0.29, 0.717) is 47.1 Å². The Kier molecular flexibility index (Phi) is 9.04. The number of rotatable bonds is 11. The van der Waals surface area contributed by atoms with Gasteiger partial charge in [0.1, 0.15) is 35.3 Å². The van der Waals surface area contributed by atoms with Gasteiger partial charge >= 0.3 is 11.9 Å². The highest BCUT2D eigenvalue weighted by Gasteiger charge is 2.48. The molecule has 0 radical (unpaired) electrons. The van der Waals surface area contributed by atoms with Crippen LogP contribution in [-0.4, -0.2) is 47.6 Å². The summed E-state index contributed by atoms with van der Waals surface area (Å²) in [6.45, 7) is 13.2. The number of ether oxygens (including phenoxy) is 3. The summed E-state index contributed by atoms with van der Waals surface area (Å²) in [6, 6.07) is 10.8. The van der Waals surface area contributed by atoms with E-state index in [1.165, 1.54) is 4.90 Å². The molecule has 10 heteroatoms. The molecule has 1 amide bonds. The van der Waals surface area contributed by atoms with Crippen LogP contribution in [0.5, 0.6) is 11.5 Å². The summed E-state index contributed by atoms with van der Waals surface area (Å²) in [5.41, 5.74) is 1.79. The summed E-state index contributed by atoms with van der Waals surface area (Å²) in [5, 5.41) is 11.7. The number of esters is 1. The second kappa shape index (κ2) is 12.6. The first-order chi connectivity index (χ1) is 19.7. The Balaban J connectivity index is 1.87. The van der Waals surface area contributed by atoms with Gasteiger partial charge in [0.25, 0.3) is 5.78 Å². The standard InChI is InChI=1S/C31H30N2O7S/c1-6-15-39-21-11-9-20(10-12-21)25-24(26(34)23-14-13-22(17-18(23)4)40-16-7-2)27(35)29(36)33(25)31-32-19(5)28(41-31)30(37)38-8-3/h6-7,9-14,17,25,34H,1-2,8,15-16H2,3-5H3/t25-/m0/s1. The molecule has 1 aromatic heterocycles. The van der Waals surface area contributed by atoms with E-state index in [2.05, 4.69) is 18.1 Å². The second-order valence-corrected chi connectivity index (χ2v) is 10.0. The van der Waals surface area contributed by atoms with Crippen LogP contribution < -0.4 is 14.4 Å². The van der Waals surface area contributed by atoms with Gasteiger partial charge in [-0.15, -0.1) is 0 Å². The van der Waals surface area contributed by atoms with Crippen molar-refractivity contribution in [3.05, 3.63) is 101 Å². The molecule has 3 aromatic rings. The summed E-state index contributed by atoms with van der Waals surface area (Å²) in [6.07, 6.45) is 3.23. The number of benzene rings is 2.